The zero-order valence-electron chi connectivity index (χ0n) is 9.06. The molecule has 0 amide bonds. The number of rotatable bonds is 7. The summed E-state index contributed by atoms with van der Waals surface area (Å²) in [6.45, 7) is 7.50. The third-order valence-corrected chi connectivity index (χ3v) is 1.97. The van der Waals surface area contributed by atoms with Crippen molar-refractivity contribution in [3.63, 3.8) is 0 Å². The maximum atomic E-state index is 12.6. The SMILES string of the molecule is C=CC[C@@H](COc1ccc(F)cc1)OC=C. The van der Waals surface area contributed by atoms with Gasteiger partial charge >= 0.3 is 0 Å². The first-order valence-electron chi connectivity index (χ1n) is 5.02. The smallest absolute Gasteiger partial charge is 0.135 e. The second kappa shape index (κ2) is 6.67. The Morgan fingerprint density at radius 3 is 2.50 bits per heavy atom. The molecule has 16 heavy (non-hydrogen) atoms. The number of halogens is 1. The molecule has 1 aromatic carbocycles. The van der Waals surface area contributed by atoms with Crippen LogP contribution >= 0.6 is 0 Å². The molecule has 1 rings (SSSR count). The Morgan fingerprint density at radius 1 is 1.25 bits per heavy atom. The zero-order valence-corrected chi connectivity index (χ0v) is 9.06. The Hall–Kier alpha value is -1.77. The molecule has 0 saturated heterocycles. The van der Waals surface area contributed by atoms with E-state index in [9.17, 15) is 4.39 Å². The fraction of sp³-hybridized carbons (Fsp3) is 0.231. The van der Waals surface area contributed by atoms with E-state index in [2.05, 4.69) is 13.2 Å². The van der Waals surface area contributed by atoms with Gasteiger partial charge in [0.2, 0.25) is 0 Å². The highest BCUT2D eigenvalue weighted by Crippen LogP contribution is 2.12. The lowest BCUT2D eigenvalue weighted by molar-refractivity contribution is 0.0912. The molecule has 86 valence electrons. The number of ether oxygens (including phenoxy) is 2. The minimum atomic E-state index is -0.280. The van der Waals surface area contributed by atoms with E-state index in [1.807, 2.05) is 0 Å². The summed E-state index contributed by atoms with van der Waals surface area (Å²) >= 11 is 0. The molecule has 0 aliphatic rings. The highest BCUT2D eigenvalue weighted by atomic mass is 19.1. The average Bonchev–Trinajstić information content (AvgIpc) is 2.29. The first-order valence-corrected chi connectivity index (χ1v) is 5.02. The van der Waals surface area contributed by atoms with Crippen LogP contribution in [0.15, 0.2) is 49.8 Å². The maximum Gasteiger partial charge on any atom is 0.135 e. The molecule has 0 fully saturated rings. The fourth-order valence-corrected chi connectivity index (χ4v) is 1.20. The van der Waals surface area contributed by atoms with Gasteiger partial charge in [0.15, 0.2) is 0 Å². The van der Waals surface area contributed by atoms with Crippen LogP contribution in [0.2, 0.25) is 0 Å². The second-order valence-electron chi connectivity index (χ2n) is 3.21. The van der Waals surface area contributed by atoms with E-state index in [0.29, 0.717) is 18.8 Å². The minimum absolute atomic E-state index is 0.111. The molecular formula is C13H15FO2. The predicted molar refractivity (Wildman–Crippen MR) is 61.8 cm³/mol. The van der Waals surface area contributed by atoms with Crippen molar-refractivity contribution in [2.75, 3.05) is 6.61 Å². The third kappa shape index (κ3) is 4.17. The van der Waals surface area contributed by atoms with Crippen LogP contribution in [0.3, 0.4) is 0 Å². The summed E-state index contributed by atoms with van der Waals surface area (Å²) in [4.78, 5) is 0. The number of hydrogen-bond acceptors (Lipinski definition) is 2. The van der Waals surface area contributed by atoms with E-state index in [4.69, 9.17) is 9.47 Å². The Bertz CT molecular complexity index is 322. The van der Waals surface area contributed by atoms with E-state index in [1.165, 1.54) is 18.4 Å². The summed E-state index contributed by atoms with van der Waals surface area (Å²) in [5.74, 6) is 0.334. The van der Waals surface area contributed by atoms with Crippen molar-refractivity contribution in [2.45, 2.75) is 12.5 Å². The van der Waals surface area contributed by atoms with Crippen LogP contribution < -0.4 is 4.74 Å². The molecule has 0 heterocycles. The molecule has 0 aliphatic heterocycles. The number of benzene rings is 1. The summed E-state index contributed by atoms with van der Waals surface area (Å²) in [5, 5.41) is 0. The van der Waals surface area contributed by atoms with Gasteiger partial charge in [-0.2, -0.15) is 0 Å². The van der Waals surface area contributed by atoms with Gasteiger partial charge < -0.3 is 9.47 Å². The molecule has 0 aromatic heterocycles. The Balaban J connectivity index is 2.44. The van der Waals surface area contributed by atoms with Crippen molar-refractivity contribution in [1.82, 2.24) is 0 Å². The van der Waals surface area contributed by atoms with Crippen LogP contribution in [-0.4, -0.2) is 12.7 Å². The van der Waals surface area contributed by atoms with Gasteiger partial charge in [0.05, 0.1) is 6.26 Å². The largest absolute Gasteiger partial charge is 0.495 e. The highest BCUT2D eigenvalue weighted by Gasteiger charge is 2.07. The first kappa shape index (κ1) is 12.3. The zero-order chi connectivity index (χ0) is 11.8. The molecule has 1 aromatic rings. The van der Waals surface area contributed by atoms with Crippen LogP contribution in [0.4, 0.5) is 4.39 Å². The summed E-state index contributed by atoms with van der Waals surface area (Å²) in [5.41, 5.74) is 0. The van der Waals surface area contributed by atoms with Gasteiger partial charge in [-0.1, -0.05) is 12.7 Å². The van der Waals surface area contributed by atoms with Crippen molar-refractivity contribution in [3.05, 3.63) is 55.6 Å². The van der Waals surface area contributed by atoms with Gasteiger partial charge in [0.25, 0.3) is 0 Å². The summed E-state index contributed by atoms with van der Waals surface area (Å²) in [7, 11) is 0. The van der Waals surface area contributed by atoms with Gasteiger partial charge in [-0.15, -0.1) is 6.58 Å². The quantitative estimate of drug-likeness (QED) is 0.520. The molecule has 0 unspecified atom stereocenters. The van der Waals surface area contributed by atoms with Gasteiger partial charge in [0, 0.05) is 6.42 Å². The van der Waals surface area contributed by atoms with Crippen molar-refractivity contribution < 1.29 is 13.9 Å². The third-order valence-electron chi connectivity index (χ3n) is 1.97. The Morgan fingerprint density at radius 2 is 1.94 bits per heavy atom. The Labute approximate surface area is 95.0 Å². The van der Waals surface area contributed by atoms with Crippen LogP contribution in [0.5, 0.6) is 5.75 Å². The molecule has 0 bridgehead atoms. The van der Waals surface area contributed by atoms with Crippen molar-refractivity contribution in [3.8, 4) is 5.75 Å². The first-order chi connectivity index (χ1) is 7.76. The highest BCUT2D eigenvalue weighted by molar-refractivity contribution is 5.22. The van der Waals surface area contributed by atoms with Crippen molar-refractivity contribution in [1.29, 1.82) is 0 Å². The normalized spacial score (nSPS) is 11.6. The van der Waals surface area contributed by atoms with Crippen LogP contribution in [0.25, 0.3) is 0 Å². The molecule has 0 N–H and O–H groups in total. The summed E-state index contributed by atoms with van der Waals surface area (Å²) in [6, 6.07) is 5.86. The maximum absolute atomic E-state index is 12.6. The lowest BCUT2D eigenvalue weighted by atomic mass is 10.2. The monoisotopic (exact) mass is 222 g/mol. The summed E-state index contributed by atoms with van der Waals surface area (Å²) < 4.78 is 23.3. The van der Waals surface area contributed by atoms with Gasteiger partial charge in [-0.05, 0) is 24.3 Å². The minimum Gasteiger partial charge on any atom is -0.495 e. The standard InChI is InChI=1S/C13H15FO2/c1-3-5-13(15-4-2)10-16-12-8-6-11(14)7-9-12/h3-4,6-9,13H,1-2,5,10H2/t13-/m0/s1. The molecule has 3 heteroatoms. The van der Waals surface area contributed by atoms with Crippen LogP contribution in [0.1, 0.15) is 6.42 Å². The lowest BCUT2D eigenvalue weighted by Gasteiger charge is -2.15. The van der Waals surface area contributed by atoms with E-state index in [0.717, 1.165) is 0 Å². The van der Waals surface area contributed by atoms with Gasteiger partial charge in [0.1, 0.15) is 24.3 Å². The average molecular weight is 222 g/mol. The van der Waals surface area contributed by atoms with Crippen LogP contribution in [0, 0.1) is 5.82 Å². The second-order valence-corrected chi connectivity index (χ2v) is 3.21. The van der Waals surface area contributed by atoms with Gasteiger partial charge in [-0.25, -0.2) is 4.39 Å². The van der Waals surface area contributed by atoms with Gasteiger partial charge in [-0.3, -0.25) is 0 Å². The van der Waals surface area contributed by atoms with E-state index >= 15 is 0 Å². The number of hydrogen-bond donors (Lipinski definition) is 0. The molecule has 0 radical (unpaired) electrons. The molecule has 0 saturated carbocycles. The predicted octanol–water partition coefficient (Wildman–Crippen LogP) is 3.31. The Kier molecular flexibility index (Phi) is 5.12. The van der Waals surface area contributed by atoms with Crippen molar-refractivity contribution >= 4 is 0 Å². The topological polar surface area (TPSA) is 18.5 Å². The fourth-order valence-electron chi connectivity index (χ4n) is 1.20. The molecule has 2 nitrogen and oxygen atoms in total. The lowest BCUT2D eigenvalue weighted by Crippen LogP contribution is -2.18. The molecular weight excluding hydrogens is 207 g/mol. The van der Waals surface area contributed by atoms with Crippen LogP contribution in [-0.2, 0) is 4.74 Å². The van der Waals surface area contributed by atoms with Crippen molar-refractivity contribution in [2.24, 2.45) is 0 Å². The molecule has 0 aliphatic carbocycles. The van der Waals surface area contributed by atoms with E-state index in [-0.39, 0.29) is 11.9 Å². The molecule has 0 spiro atoms. The molecule has 1 atom stereocenters. The summed E-state index contributed by atoms with van der Waals surface area (Å²) in [6.07, 6.45) is 3.69. The van der Waals surface area contributed by atoms with E-state index in [1.54, 1.807) is 18.2 Å². The van der Waals surface area contributed by atoms with E-state index < -0.39 is 0 Å².